The molecule has 0 spiro atoms. The van der Waals surface area contributed by atoms with Crippen LogP contribution in [-0.2, 0) is 36.8 Å². The van der Waals surface area contributed by atoms with Gasteiger partial charge >= 0.3 is 0 Å². The monoisotopic (exact) mass is 601 g/mol. The lowest BCUT2D eigenvalue weighted by Crippen LogP contribution is -2.43. The van der Waals surface area contributed by atoms with Gasteiger partial charge in [0.2, 0.25) is 11.8 Å². The van der Waals surface area contributed by atoms with Crippen LogP contribution in [0, 0.1) is 0 Å². The van der Waals surface area contributed by atoms with Crippen LogP contribution in [0.4, 0.5) is 5.82 Å². The van der Waals surface area contributed by atoms with E-state index < -0.39 is 0 Å². The molecule has 0 radical (unpaired) electrons. The van der Waals surface area contributed by atoms with Gasteiger partial charge in [0, 0.05) is 47.1 Å². The molecular weight excluding hydrogens is 550 g/mol. The van der Waals surface area contributed by atoms with E-state index >= 15 is 0 Å². The highest BCUT2D eigenvalue weighted by Crippen LogP contribution is 2.29. The van der Waals surface area contributed by atoms with Crippen LogP contribution in [-0.4, -0.2) is 84.7 Å². The molecule has 3 rings (SSSR count). The lowest BCUT2D eigenvalue weighted by Gasteiger charge is -2.13. The zero-order valence-electron chi connectivity index (χ0n) is 25.7. The maximum absolute atomic E-state index is 12.2. The maximum atomic E-state index is 12.2. The minimum Gasteiger partial charge on any atom is -0.382 e. The SMILES string of the molecule is CCCCc1nc2c(N)nc3ccccc3c2n1CCCCNC(=O)CCOCCOCCC(=O)NCC(NC)C(C)=O.[HH].[HH]. The number of para-hydroxylation sites is 1. The van der Waals surface area contributed by atoms with Crippen LogP contribution in [0.5, 0.6) is 0 Å². The Kier molecular flexibility index (Phi) is 14.3. The van der Waals surface area contributed by atoms with Crippen molar-refractivity contribution >= 4 is 45.4 Å². The number of imidazole rings is 1. The number of carbonyl (C=O) groups is 3. The average Bonchev–Trinajstić information content (AvgIpc) is 3.36. The van der Waals surface area contributed by atoms with Gasteiger partial charge < -0.3 is 35.7 Å². The average molecular weight is 602 g/mol. The molecule has 1 atom stereocenters. The number of likely N-dealkylation sites (N-methyl/N-ethyl adjacent to an activating group) is 1. The number of aromatic nitrogens is 3. The fraction of sp³-hybridized carbons (Fsp3) is 0.581. The molecule has 0 aliphatic carbocycles. The standard InChI is InChI=1S/C31H47N7O5.2H2/c1-4-5-12-26-37-29-30(23-10-6-7-11-24(23)36-31(29)32)38(26)16-9-8-15-34-27(40)13-17-42-19-20-43-18-14-28(41)35-21-25(33-3)22(2)39;;/h6-7,10-11,25,33H,4-5,8-9,12-21H2,1-3H3,(H2,32,36)(H,34,40)(H,35,41);2*1H. The number of nitrogens with two attached hydrogens (primary N) is 1. The van der Waals surface area contributed by atoms with Gasteiger partial charge in [-0.3, -0.25) is 14.4 Å². The highest BCUT2D eigenvalue weighted by atomic mass is 16.5. The van der Waals surface area contributed by atoms with Crippen LogP contribution in [0.25, 0.3) is 21.9 Å². The fourth-order valence-corrected chi connectivity index (χ4v) is 4.79. The Labute approximate surface area is 256 Å². The number of anilines is 1. The number of nitrogens with zero attached hydrogens (tertiary/aromatic N) is 3. The van der Waals surface area contributed by atoms with Gasteiger partial charge in [-0.25, -0.2) is 9.97 Å². The van der Waals surface area contributed by atoms with Gasteiger partial charge in [-0.05, 0) is 39.3 Å². The quantitative estimate of drug-likeness (QED) is 0.134. The van der Waals surface area contributed by atoms with Crippen molar-refractivity contribution in [3.63, 3.8) is 0 Å². The van der Waals surface area contributed by atoms with E-state index in [1.807, 2.05) is 18.2 Å². The summed E-state index contributed by atoms with van der Waals surface area (Å²) in [6.45, 7) is 6.52. The van der Waals surface area contributed by atoms with Crippen molar-refractivity contribution in [3.8, 4) is 0 Å². The number of Topliss-reactive ketones (excluding diaryl/α,β-unsaturated/α-hetero) is 1. The molecule has 12 nitrogen and oxygen atoms in total. The second kappa shape index (κ2) is 18.1. The summed E-state index contributed by atoms with van der Waals surface area (Å²) < 4.78 is 13.2. The lowest BCUT2D eigenvalue weighted by molar-refractivity contribution is -0.124. The minimum absolute atomic E-state index is 0. The Hall–Kier alpha value is -3.61. The number of amides is 2. The minimum atomic E-state index is -0.388. The third-order valence-corrected chi connectivity index (χ3v) is 7.24. The van der Waals surface area contributed by atoms with Crippen molar-refractivity contribution in [2.75, 3.05) is 52.3 Å². The molecule has 0 bridgehead atoms. The summed E-state index contributed by atoms with van der Waals surface area (Å²) in [5.74, 6) is 1.23. The van der Waals surface area contributed by atoms with E-state index in [0.717, 1.165) is 66.4 Å². The highest BCUT2D eigenvalue weighted by molar-refractivity contribution is 6.06. The summed E-state index contributed by atoms with van der Waals surface area (Å²) in [4.78, 5) is 44.8. The van der Waals surface area contributed by atoms with Gasteiger partial charge in [0.15, 0.2) is 5.82 Å². The number of ether oxygens (including phenoxy) is 2. The van der Waals surface area contributed by atoms with Gasteiger partial charge in [-0.1, -0.05) is 31.5 Å². The van der Waals surface area contributed by atoms with Crippen molar-refractivity contribution < 1.29 is 26.7 Å². The molecule has 1 aromatic carbocycles. The Morgan fingerprint density at radius 2 is 1.67 bits per heavy atom. The van der Waals surface area contributed by atoms with Crippen molar-refractivity contribution in [2.24, 2.45) is 0 Å². The molecule has 2 aromatic heterocycles. The number of pyridine rings is 1. The van der Waals surface area contributed by atoms with E-state index in [1.54, 1.807) is 7.05 Å². The first-order chi connectivity index (χ1) is 20.8. The number of hydrogen-bond acceptors (Lipinski definition) is 9. The number of unbranched alkanes of at least 4 members (excludes halogenated alkanes) is 2. The number of hydrogen-bond donors (Lipinski definition) is 4. The zero-order chi connectivity index (χ0) is 31.0. The van der Waals surface area contributed by atoms with E-state index in [0.29, 0.717) is 32.2 Å². The predicted molar refractivity (Wildman–Crippen MR) is 172 cm³/mol. The first kappa shape index (κ1) is 33.9. The fourth-order valence-electron chi connectivity index (χ4n) is 4.79. The van der Waals surface area contributed by atoms with E-state index in [2.05, 4.69) is 38.5 Å². The largest absolute Gasteiger partial charge is 0.382 e. The molecule has 0 fully saturated rings. The van der Waals surface area contributed by atoms with Crippen LogP contribution >= 0.6 is 0 Å². The third kappa shape index (κ3) is 10.6. The number of fused-ring (bicyclic) bond motifs is 3. The number of carbonyl (C=O) groups excluding carboxylic acids is 3. The number of rotatable bonds is 21. The summed E-state index contributed by atoms with van der Waals surface area (Å²) in [6, 6.07) is 7.63. The summed E-state index contributed by atoms with van der Waals surface area (Å²) >= 11 is 0. The topological polar surface area (TPSA) is 162 Å². The van der Waals surface area contributed by atoms with Crippen LogP contribution in [0.1, 0.15) is 61.1 Å². The Morgan fingerprint density at radius 1 is 0.977 bits per heavy atom. The van der Waals surface area contributed by atoms with Gasteiger partial charge in [-0.15, -0.1) is 0 Å². The number of aryl methyl sites for hydroxylation is 2. The summed E-state index contributed by atoms with van der Waals surface area (Å²) in [6.07, 6.45) is 5.23. The molecule has 0 saturated heterocycles. The second-order valence-electron chi connectivity index (χ2n) is 10.5. The summed E-state index contributed by atoms with van der Waals surface area (Å²) in [7, 11) is 1.68. The molecule has 240 valence electrons. The highest BCUT2D eigenvalue weighted by Gasteiger charge is 2.17. The number of nitrogens with one attached hydrogen (secondary N) is 3. The number of nitrogen functional groups attached to an aromatic ring is 1. The Bertz CT molecular complexity index is 1350. The van der Waals surface area contributed by atoms with Crippen LogP contribution < -0.4 is 21.7 Å². The first-order valence-electron chi connectivity index (χ1n) is 15.3. The zero-order valence-corrected chi connectivity index (χ0v) is 25.7. The Balaban J connectivity index is 0.00000506. The molecule has 3 aromatic rings. The molecule has 2 heterocycles. The predicted octanol–water partition coefficient (Wildman–Crippen LogP) is 3.00. The normalized spacial score (nSPS) is 12.1. The van der Waals surface area contributed by atoms with Gasteiger partial charge in [0.25, 0.3) is 0 Å². The molecule has 12 heteroatoms. The maximum Gasteiger partial charge on any atom is 0.222 e. The van der Waals surface area contributed by atoms with Crippen molar-refractivity contribution in [1.82, 2.24) is 30.5 Å². The van der Waals surface area contributed by atoms with Crippen molar-refractivity contribution in [3.05, 3.63) is 30.1 Å². The van der Waals surface area contributed by atoms with E-state index in [4.69, 9.17) is 20.2 Å². The van der Waals surface area contributed by atoms with Gasteiger partial charge in [0.1, 0.15) is 17.1 Å². The lowest BCUT2D eigenvalue weighted by atomic mass is 10.2. The molecule has 1 unspecified atom stereocenters. The van der Waals surface area contributed by atoms with E-state index in [9.17, 15) is 14.4 Å². The van der Waals surface area contributed by atoms with Crippen LogP contribution in [0.2, 0.25) is 0 Å². The molecule has 2 amide bonds. The van der Waals surface area contributed by atoms with Crippen LogP contribution in [0.15, 0.2) is 24.3 Å². The second-order valence-corrected chi connectivity index (χ2v) is 10.5. The summed E-state index contributed by atoms with van der Waals surface area (Å²) in [5, 5.41) is 9.58. The van der Waals surface area contributed by atoms with E-state index in [1.165, 1.54) is 6.92 Å². The molecule has 43 heavy (non-hydrogen) atoms. The van der Waals surface area contributed by atoms with Gasteiger partial charge in [-0.2, -0.15) is 0 Å². The van der Waals surface area contributed by atoms with Gasteiger partial charge in [0.05, 0.1) is 43.5 Å². The number of ketones is 1. The van der Waals surface area contributed by atoms with Crippen molar-refractivity contribution in [2.45, 2.75) is 71.4 Å². The molecule has 0 saturated carbocycles. The molecular formula is C31H51N7O5. The van der Waals surface area contributed by atoms with E-state index in [-0.39, 0.29) is 52.5 Å². The van der Waals surface area contributed by atoms with Crippen molar-refractivity contribution in [1.29, 1.82) is 0 Å². The smallest absolute Gasteiger partial charge is 0.222 e. The molecule has 5 N–H and O–H groups in total. The third-order valence-electron chi connectivity index (χ3n) is 7.24. The summed E-state index contributed by atoms with van der Waals surface area (Å²) in [5.41, 5.74) is 8.95. The number of benzene rings is 1. The molecule has 0 aliphatic heterocycles. The van der Waals surface area contributed by atoms with Crippen LogP contribution in [0.3, 0.4) is 0 Å². The Morgan fingerprint density at radius 3 is 2.35 bits per heavy atom. The first-order valence-corrected chi connectivity index (χ1v) is 15.3. The molecule has 0 aliphatic rings.